The molecule has 25 heavy (non-hydrogen) atoms. The maximum Gasteiger partial charge on any atom is 0.328 e. The fraction of sp³-hybridized carbons (Fsp3) is 0.650. The minimum Gasteiger partial charge on any atom is -0.463 e. The standard InChI is InChI=1S/C20H30N2O2.ClH/c23-20(24-17-16-21-12-6-2-7-13-21)19(18-10-4-1-5-11-18)22-14-8-3-9-15-22;/h1,4-5,10-11,19H,2-3,6-9,12-17H2;1H. The Balaban J connectivity index is 0.00000225. The molecule has 0 bridgehead atoms. The number of ether oxygens (including phenoxy) is 1. The lowest BCUT2D eigenvalue weighted by Crippen LogP contribution is -2.40. The molecule has 2 aliphatic rings. The molecule has 2 saturated heterocycles. The van der Waals surface area contributed by atoms with Gasteiger partial charge in [0.25, 0.3) is 0 Å². The molecule has 4 nitrogen and oxygen atoms in total. The minimum atomic E-state index is -0.243. The van der Waals surface area contributed by atoms with Gasteiger partial charge in [-0.3, -0.25) is 9.80 Å². The van der Waals surface area contributed by atoms with Crippen LogP contribution in [0.25, 0.3) is 0 Å². The van der Waals surface area contributed by atoms with Crippen LogP contribution < -0.4 is 0 Å². The topological polar surface area (TPSA) is 32.8 Å². The summed E-state index contributed by atoms with van der Waals surface area (Å²) in [5, 5.41) is 0. The Morgan fingerprint density at radius 3 is 2.16 bits per heavy atom. The van der Waals surface area contributed by atoms with Gasteiger partial charge in [-0.25, -0.2) is 4.79 Å². The number of hydrogen-bond acceptors (Lipinski definition) is 4. The normalized spacial score (nSPS) is 20.5. The summed E-state index contributed by atoms with van der Waals surface area (Å²) < 4.78 is 5.69. The molecule has 1 aromatic rings. The molecule has 0 amide bonds. The van der Waals surface area contributed by atoms with Crippen molar-refractivity contribution in [3.8, 4) is 0 Å². The predicted molar refractivity (Wildman–Crippen MR) is 103 cm³/mol. The Labute approximate surface area is 157 Å². The van der Waals surface area contributed by atoms with Gasteiger partial charge in [-0.2, -0.15) is 0 Å². The molecule has 0 spiro atoms. The Bertz CT molecular complexity index is 500. The van der Waals surface area contributed by atoms with Crippen LogP contribution in [-0.4, -0.2) is 55.1 Å². The van der Waals surface area contributed by atoms with E-state index >= 15 is 0 Å². The molecule has 2 aliphatic heterocycles. The van der Waals surface area contributed by atoms with Crippen LogP contribution in [0.4, 0.5) is 0 Å². The summed E-state index contributed by atoms with van der Waals surface area (Å²) in [7, 11) is 0. The summed E-state index contributed by atoms with van der Waals surface area (Å²) in [6.07, 6.45) is 7.49. The highest BCUT2D eigenvalue weighted by Gasteiger charge is 2.30. The lowest BCUT2D eigenvalue weighted by Gasteiger charge is -2.33. The van der Waals surface area contributed by atoms with Crippen LogP contribution in [0.3, 0.4) is 0 Å². The first-order valence-corrected chi connectivity index (χ1v) is 9.52. The number of esters is 1. The molecule has 0 saturated carbocycles. The number of piperidine rings is 2. The molecule has 2 fully saturated rings. The number of benzene rings is 1. The summed E-state index contributed by atoms with van der Waals surface area (Å²) in [6.45, 7) is 5.64. The molecule has 3 rings (SSSR count). The van der Waals surface area contributed by atoms with Crippen LogP contribution in [0.1, 0.15) is 50.1 Å². The number of nitrogens with zero attached hydrogens (tertiary/aromatic N) is 2. The zero-order chi connectivity index (χ0) is 16.6. The van der Waals surface area contributed by atoms with Crippen LogP contribution in [-0.2, 0) is 9.53 Å². The fourth-order valence-electron chi connectivity index (χ4n) is 3.85. The molecule has 0 N–H and O–H groups in total. The number of halogens is 1. The summed E-state index contributed by atoms with van der Waals surface area (Å²) in [5.41, 5.74) is 1.06. The van der Waals surface area contributed by atoms with E-state index in [-0.39, 0.29) is 24.4 Å². The second-order valence-electron chi connectivity index (χ2n) is 6.98. The number of hydrogen-bond donors (Lipinski definition) is 0. The van der Waals surface area contributed by atoms with Gasteiger partial charge < -0.3 is 4.74 Å². The maximum absolute atomic E-state index is 12.8. The van der Waals surface area contributed by atoms with E-state index in [0.717, 1.165) is 38.3 Å². The van der Waals surface area contributed by atoms with Gasteiger partial charge in [-0.05, 0) is 57.4 Å². The molecule has 0 aromatic heterocycles. The number of carbonyl (C=O) groups is 1. The summed E-state index contributed by atoms with van der Waals surface area (Å²) in [6, 6.07) is 9.86. The van der Waals surface area contributed by atoms with Crippen molar-refractivity contribution >= 4 is 18.4 Å². The lowest BCUT2D eigenvalue weighted by molar-refractivity contribution is -0.151. The van der Waals surface area contributed by atoms with E-state index in [1.807, 2.05) is 30.3 Å². The van der Waals surface area contributed by atoms with Crippen LogP contribution in [0.2, 0.25) is 0 Å². The number of likely N-dealkylation sites (tertiary alicyclic amines) is 2. The lowest BCUT2D eigenvalue weighted by atomic mass is 10.0. The molecule has 0 radical (unpaired) electrons. The Kier molecular flexibility index (Phi) is 8.73. The molecular formula is C20H31ClN2O2. The average molecular weight is 367 g/mol. The van der Waals surface area contributed by atoms with Gasteiger partial charge in [0, 0.05) is 6.54 Å². The van der Waals surface area contributed by atoms with Crippen molar-refractivity contribution in [2.24, 2.45) is 0 Å². The van der Waals surface area contributed by atoms with E-state index in [9.17, 15) is 4.79 Å². The fourth-order valence-corrected chi connectivity index (χ4v) is 3.85. The summed E-state index contributed by atoms with van der Waals surface area (Å²) in [4.78, 5) is 17.5. The first kappa shape index (κ1) is 20.2. The maximum atomic E-state index is 12.8. The van der Waals surface area contributed by atoms with Crippen LogP contribution in [0.15, 0.2) is 30.3 Å². The van der Waals surface area contributed by atoms with Gasteiger partial charge in [-0.1, -0.05) is 43.2 Å². The minimum absolute atomic E-state index is 0. The van der Waals surface area contributed by atoms with E-state index in [4.69, 9.17) is 4.74 Å². The third-order valence-electron chi connectivity index (χ3n) is 5.19. The van der Waals surface area contributed by atoms with Crippen molar-refractivity contribution in [3.05, 3.63) is 35.9 Å². The monoisotopic (exact) mass is 366 g/mol. The van der Waals surface area contributed by atoms with E-state index < -0.39 is 0 Å². The average Bonchev–Trinajstić information content (AvgIpc) is 2.65. The van der Waals surface area contributed by atoms with Gasteiger partial charge in [-0.15, -0.1) is 12.4 Å². The second kappa shape index (κ2) is 10.8. The largest absolute Gasteiger partial charge is 0.463 e. The first-order chi connectivity index (χ1) is 11.8. The molecule has 1 unspecified atom stereocenters. The van der Waals surface area contributed by atoms with Crippen molar-refractivity contribution in [1.82, 2.24) is 9.80 Å². The summed E-state index contributed by atoms with van der Waals surface area (Å²) in [5.74, 6) is -0.0832. The predicted octanol–water partition coefficient (Wildman–Crippen LogP) is 3.66. The molecule has 140 valence electrons. The van der Waals surface area contributed by atoms with Crippen LogP contribution >= 0.6 is 12.4 Å². The van der Waals surface area contributed by atoms with Crippen molar-refractivity contribution in [1.29, 1.82) is 0 Å². The smallest absolute Gasteiger partial charge is 0.328 e. The summed E-state index contributed by atoms with van der Waals surface area (Å²) >= 11 is 0. The highest BCUT2D eigenvalue weighted by Crippen LogP contribution is 2.26. The molecule has 2 heterocycles. The Morgan fingerprint density at radius 1 is 0.920 bits per heavy atom. The van der Waals surface area contributed by atoms with Gasteiger partial charge in [0.1, 0.15) is 12.6 Å². The number of carbonyl (C=O) groups excluding carboxylic acids is 1. The van der Waals surface area contributed by atoms with Crippen molar-refractivity contribution in [2.75, 3.05) is 39.3 Å². The third kappa shape index (κ3) is 5.98. The first-order valence-electron chi connectivity index (χ1n) is 9.52. The quantitative estimate of drug-likeness (QED) is 0.719. The Hall–Kier alpha value is -1.10. The van der Waals surface area contributed by atoms with Gasteiger partial charge >= 0.3 is 5.97 Å². The molecule has 1 aromatic carbocycles. The van der Waals surface area contributed by atoms with E-state index in [0.29, 0.717) is 6.61 Å². The zero-order valence-electron chi connectivity index (χ0n) is 15.1. The Morgan fingerprint density at radius 2 is 1.52 bits per heavy atom. The van der Waals surface area contributed by atoms with E-state index in [2.05, 4.69) is 9.80 Å². The van der Waals surface area contributed by atoms with Crippen molar-refractivity contribution < 1.29 is 9.53 Å². The van der Waals surface area contributed by atoms with Gasteiger partial charge in [0.05, 0.1) is 0 Å². The second-order valence-corrected chi connectivity index (χ2v) is 6.98. The zero-order valence-corrected chi connectivity index (χ0v) is 15.9. The van der Waals surface area contributed by atoms with Crippen LogP contribution in [0.5, 0.6) is 0 Å². The van der Waals surface area contributed by atoms with Gasteiger partial charge in [0.2, 0.25) is 0 Å². The highest BCUT2D eigenvalue weighted by molar-refractivity contribution is 5.85. The highest BCUT2D eigenvalue weighted by atomic mass is 35.5. The van der Waals surface area contributed by atoms with Crippen molar-refractivity contribution in [2.45, 2.75) is 44.6 Å². The third-order valence-corrected chi connectivity index (χ3v) is 5.19. The SMILES string of the molecule is Cl.O=C(OCCN1CCCCC1)C(c1ccccc1)N1CCCCC1. The van der Waals surface area contributed by atoms with E-state index in [1.165, 1.54) is 38.5 Å². The van der Waals surface area contributed by atoms with Crippen molar-refractivity contribution in [3.63, 3.8) is 0 Å². The van der Waals surface area contributed by atoms with Gasteiger partial charge in [0.15, 0.2) is 0 Å². The molecule has 0 aliphatic carbocycles. The molecular weight excluding hydrogens is 336 g/mol. The van der Waals surface area contributed by atoms with Crippen LogP contribution in [0, 0.1) is 0 Å². The van der Waals surface area contributed by atoms with E-state index in [1.54, 1.807) is 0 Å². The molecule has 1 atom stereocenters. The number of rotatable bonds is 6. The molecule has 5 heteroatoms.